The number of rotatable bonds is 5. The monoisotopic (exact) mass is 170 g/mol. The fourth-order valence-corrected chi connectivity index (χ4v) is 1.45. The van der Waals surface area contributed by atoms with Gasteiger partial charge in [0.05, 0.1) is 0 Å². The van der Waals surface area contributed by atoms with Crippen LogP contribution in [0.1, 0.15) is 33.1 Å². The molecule has 0 saturated heterocycles. The van der Waals surface area contributed by atoms with E-state index in [-0.39, 0.29) is 11.3 Å². The van der Waals surface area contributed by atoms with Crippen molar-refractivity contribution < 1.29 is 9.53 Å². The Morgan fingerprint density at radius 1 is 1.58 bits per heavy atom. The maximum Gasteiger partial charge on any atom is 0.141 e. The number of carbonyl (C=O) groups is 1. The van der Waals surface area contributed by atoms with Crippen molar-refractivity contribution in [1.82, 2.24) is 0 Å². The summed E-state index contributed by atoms with van der Waals surface area (Å²) in [7, 11) is 1.68. The molecule has 1 fully saturated rings. The summed E-state index contributed by atoms with van der Waals surface area (Å²) in [5.74, 6) is 0.608. The summed E-state index contributed by atoms with van der Waals surface area (Å²) in [4.78, 5) is 11.7. The number of methoxy groups -OCH3 is 1. The molecule has 1 unspecified atom stereocenters. The minimum absolute atomic E-state index is 0.0349. The molecule has 0 spiro atoms. The predicted molar refractivity (Wildman–Crippen MR) is 48.0 cm³/mol. The van der Waals surface area contributed by atoms with E-state index in [9.17, 15) is 4.79 Å². The highest BCUT2D eigenvalue weighted by Gasteiger charge is 2.45. The molecule has 0 aromatic carbocycles. The van der Waals surface area contributed by atoms with E-state index in [4.69, 9.17) is 4.74 Å². The van der Waals surface area contributed by atoms with Gasteiger partial charge in [0, 0.05) is 25.0 Å². The van der Waals surface area contributed by atoms with Crippen molar-refractivity contribution in [3.63, 3.8) is 0 Å². The Hall–Kier alpha value is -0.370. The average Bonchev–Trinajstić information content (AvgIpc) is 2.79. The van der Waals surface area contributed by atoms with E-state index in [0.717, 1.165) is 19.3 Å². The van der Waals surface area contributed by atoms with Crippen LogP contribution < -0.4 is 0 Å². The Bertz CT molecular complexity index is 171. The molecule has 0 N–H and O–H groups in total. The van der Waals surface area contributed by atoms with Crippen molar-refractivity contribution in [2.45, 2.75) is 33.1 Å². The van der Waals surface area contributed by atoms with Crippen LogP contribution in [0.25, 0.3) is 0 Å². The van der Waals surface area contributed by atoms with E-state index in [1.54, 1.807) is 7.11 Å². The molecule has 0 heterocycles. The predicted octanol–water partition coefficient (Wildman–Crippen LogP) is 2.03. The fourth-order valence-electron chi connectivity index (χ4n) is 1.45. The van der Waals surface area contributed by atoms with Crippen molar-refractivity contribution in [2.75, 3.05) is 13.7 Å². The molecule has 1 saturated carbocycles. The normalized spacial score (nSPS) is 21.9. The summed E-state index contributed by atoms with van der Waals surface area (Å²) >= 11 is 0. The first-order chi connectivity index (χ1) is 5.60. The third-order valence-corrected chi connectivity index (χ3v) is 2.80. The van der Waals surface area contributed by atoms with Crippen molar-refractivity contribution >= 4 is 5.78 Å². The summed E-state index contributed by atoms with van der Waals surface area (Å²) in [6.45, 7) is 4.77. The number of hydrogen-bond acceptors (Lipinski definition) is 2. The molecule has 0 aromatic heterocycles. The van der Waals surface area contributed by atoms with Gasteiger partial charge in [0.25, 0.3) is 0 Å². The Labute approximate surface area is 74.3 Å². The molecule has 0 aliphatic heterocycles. The third-order valence-electron chi connectivity index (χ3n) is 2.80. The van der Waals surface area contributed by atoms with E-state index in [2.05, 4.69) is 6.92 Å². The standard InChI is InChI=1S/C10H18O2/c1-8(4-7-12-3)9(11)10(2)5-6-10/h8H,4-7H2,1-3H3. The topological polar surface area (TPSA) is 26.3 Å². The molecule has 2 nitrogen and oxygen atoms in total. The van der Waals surface area contributed by atoms with Gasteiger partial charge in [-0.25, -0.2) is 0 Å². The zero-order valence-electron chi connectivity index (χ0n) is 8.22. The highest BCUT2D eigenvalue weighted by Crippen LogP contribution is 2.47. The molecule has 12 heavy (non-hydrogen) atoms. The van der Waals surface area contributed by atoms with E-state index >= 15 is 0 Å². The Kier molecular flexibility index (Phi) is 2.89. The Morgan fingerprint density at radius 3 is 2.58 bits per heavy atom. The van der Waals surface area contributed by atoms with Gasteiger partial charge < -0.3 is 4.74 Å². The van der Waals surface area contributed by atoms with Crippen LogP contribution in [0.3, 0.4) is 0 Å². The van der Waals surface area contributed by atoms with Crippen LogP contribution in [-0.4, -0.2) is 19.5 Å². The first-order valence-electron chi connectivity index (χ1n) is 4.63. The van der Waals surface area contributed by atoms with E-state index in [1.165, 1.54) is 0 Å². The molecule has 1 aliphatic carbocycles. The minimum Gasteiger partial charge on any atom is -0.385 e. The SMILES string of the molecule is COCCC(C)C(=O)C1(C)CC1. The molecule has 0 bridgehead atoms. The van der Waals surface area contributed by atoms with Crippen LogP contribution in [0.2, 0.25) is 0 Å². The van der Waals surface area contributed by atoms with Gasteiger partial charge >= 0.3 is 0 Å². The molecule has 70 valence electrons. The third kappa shape index (κ3) is 2.07. The zero-order valence-corrected chi connectivity index (χ0v) is 8.22. The number of ether oxygens (including phenoxy) is 1. The highest BCUT2D eigenvalue weighted by molar-refractivity contribution is 5.88. The van der Waals surface area contributed by atoms with Crippen LogP contribution >= 0.6 is 0 Å². The zero-order chi connectivity index (χ0) is 9.19. The van der Waals surface area contributed by atoms with Crippen LogP contribution in [-0.2, 0) is 9.53 Å². The second-order valence-electron chi connectivity index (χ2n) is 4.11. The van der Waals surface area contributed by atoms with E-state index in [1.807, 2.05) is 6.92 Å². The molecule has 1 aliphatic rings. The second kappa shape index (κ2) is 3.56. The minimum atomic E-state index is 0.0349. The molecule has 1 atom stereocenters. The van der Waals surface area contributed by atoms with E-state index in [0.29, 0.717) is 12.4 Å². The van der Waals surface area contributed by atoms with Gasteiger partial charge in [0.15, 0.2) is 0 Å². The number of Topliss-reactive ketones (excluding diaryl/α,β-unsaturated/α-hetero) is 1. The Morgan fingerprint density at radius 2 is 2.17 bits per heavy atom. The van der Waals surface area contributed by atoms with Gasteiger partial charge in [-0.2, -0.15) is 0 Å². The second-order valence-corrected chi connectivity index (χ2v) is 4.11. The molecule has 2 heteroatoms. The first-order valence-corrected chi connectivity index (χ1v) is 4.63. The Balaban J connectivity index is 2.31. The van der Waals surface area contributed by atoms with Gasteiger partial charge in [0.1, 0.15) is 5.78 Å². The molecular weight excluding hydrogens is 152 g/mol. The molecule has 0 amide bonds. The smallest absolute Gasteiger partial charge is 0.141 e. The lowest BCUT2D eigenvalue weighted by Gasteiger charge is -2.13. The van der Waals surface area contributed by atoms with Gasteiger partial charge in [-0.3, -0.25) is 4.79 Å². The van der Waals surface area contributed by atoms with Gasteiger partial charge in [-0.1, -0.05) is 13.8 Å². The quantitative estimate of drug-likeness (QED) is 0.631. The maximum atomic E-state index is 11.7. The lowest BCUT2D eigenvalue weighted by Crippen LogP contribution is -2.21. The summed E-state index contributed by atoms with van der Waals surface area (Å²) in [5.41, 5.74) is 0.0349. The maximum absolute atomic E-state index is 11.7. The average molecular weight is 170 g/mol. The van der Waals surface area contributed by atoms with Crippen molar-refractivity contribution in [2.24, 2.45) is 11.3 Å². The van der Waals surface area contributed by atoms with Crippen LogP contribution in [0, 0.1) is 11.3 Å². The van der Waals surface area contributed by atoms with Crippen LogP contribution in [0.4, 0.5) is 0 Å². The van der Waals surface area contributed by atoms with Gasteiger partial charge in [-0.15, -0.1) is 0 Å². The summed E-state index contributed by atoms with van der Waals surface area (Å²) in [6.07, 6.45) is 3.04. The summed E-state index contributed by atoms with van der Waals surface area (Å²) in [6, 6.07) is 0. The first kappa shape index (κ1) is 9.72. The van der Waals surface area contributed by atoms with Crippen LogP contribution in [0.15, 0.2) is 0 Å². The molecule has 1 rings (SSSR count). The fraction of sp³-hybridized carbons (Fsp3) is 0.900. The van der Waals surface area contributed by atoms with Crippen molar-refractivity contribution in [3.05, 3.63) is 0 Å². The van der Waals surface area contributed by atoms with Crippen LogP contribution in [0.5, 0.6) is 0 Å². The summed E-state index contributed by atoms with van der Waals surface area (Å²) in [5, 5.41) is 0. The molecule has 0 aromatic rings. The van der Waals surface area contributed by atoms with Gasteiger partial charge in [-0.05, 0) is 19.3 Å². The lowest BCUT2D eigenvalue weighted by atomic mass is 9.91. The number of ketones is 1. The van der Waals surface area contributed by atoms with Crippen molar-refractivity contribution in [1.29, 1.82) is 0 Å². The number of carbonyl (C=O) groups excluding carboxylic acids is 1. The highest BCUT2D eigenvalue weighted by atomic mass is 16.5. The van der Waals surface area contributed by atoms with Gasteiger partial charge in [0.2, 0.25) is 0 Å². The largest absolute Gasteiger partial charge is 0.385 e. The van der Waals surface area contributed by atoms with Crippen molar-refractivity contribution in [3.8, 4) is 0 Å². The lowest BCUT2D eigenvalue weighted by molar-refractivity contribution is -0.127. The summed E-state index contributed by atoms with van der Waals surface area (Å²) < 4.78 is 4.94. The molecular formula is C10H18O2. The number of hydrogen-bond donors (Lipinski definition) is 0. The van der Waals surface area contributed by atoms with E-state index < -0.39 is 0 Å². The molecule has 0 radical (unpaired) electrons.